The molecule has 1 aliphatic carbocycles. The van der Waals surface area contributed by atoms with Crippen molar-refractivity contribution in [1.82, 2.24) is 0 Å². The van der Waals surface area contributed by atoms with Crippen LogP contribution in [0, 0.1) is 6.92 Å². The van der Waals surface area contributed by atoms with Crippen LogP contribution in [-0.4, -0.2) is 11.6 Å². The predicted molar refractivity (Wildman–Crippen MR) is 97.9 cm³/mol. The summed E-state index contributed by atoms with van der Waals surface area (Å²) in [6.45, 7) is 2.01. The van der Waals surface area contributed by atoms with Gasteiger partial charge in [0.05, 0.1) is 16.4 Å². The number of hydrogen-bond acceptors (Lipinski definition) is 3. The Morgan fingerprint density at radius 2 is 1.88 bits per heavy atom. The molecule has 122 valence electrons. The molecule has 6 heteroatoms. The Morgan fingerprint density at radius 1 is 1.12 bits per heavy atom. The molecule has 4 N–H and O–H groups in total. The van der Waals surface area contributed by atoms with E-state index < -0.39 is 5.91 Å². The van der Waals surface area contributed by atoms with Crippen LogP contribution < -0.4 is 11.5 Å². The van der Waals surface area contributed by atoms with E-state index in [-0.39, 0.29) is 5.70 Å². The summed E-state index contributed by atoms with van der Waals surface area (Å²) in [7, 11) is 0. The lowest BCUT2D eigenvalue weighted by molar-refractivity contribution is -0.114. The van der Waals surface area contributed by atoms with Crippen LogP contribution in [0.4, 0.5) is 5.69 Å². The van der Waals surface area contributed by atoms with Gasteiger partial charge in [-0.05, 0) is 30.7 Å². The zero-order chi connectivity index (χ0) is 17.4. The Hall–Kier alpha value is -2.30. The number of allylic oxidation sites excluding steroid dienone is 1. The molecule has 1 amide bonds. The van der Waals surface area contributed by atoms with Crippen LogP contribution in [0.25, 0.3) is 0 Å². The van der Waals surface area contributed by atoms with Crippen LogP contribution in [0.3, 0.4) is 0 Å². The molecule has 2 aromatic rings. The number of nitrogens with zero attached hydrogens (tertiary/aromatic N) is 1. The number of amides is 1. The topological polar surface area (TPSA) is 81.5 Å². The average Bonchev–Trinajstić information content (AvgIpc) is 2.86. The molecule has 0 spiro atoms. The van der Waals surface area contributed by atoms with Gasteiger partial charge in [0.25, 0.3) is 5.91 Å². The lowest BCUT2D eigenvalue weighted by Crippen LogP contribution is -2.24. The number of aryl methyl sites for hydroxylation is 1. The zero-order valence-electron chi connectivity index (χ0n) is 12.9. The third kappa shape index (κ3) is 3.03. The van der Waals surface area contributed by atoms with Gasteiger partial charge in [-0.25, -0.2) is 4.99 Å². The summed E-state index contributed by atoms with van der Waals surface area (Å²) in [5, 5.41) is 0.950. The number of hydrogen-bond donors (Lipinski definition) is 2. The molecule has 2 aromatic carbocycles. The maximum absolute atomic E-state index is 11.6. The summed E-state index contributed by atoms with van der Waals surface area (Å²) >= 11 is 12.1. The molecular weight excluding hydrogens is 345 g/mol. The lowest BCUT2D eigenvalue weighted by Gasteiger charge is -2.07. The highest BCUT2D eigenvalue weighted by atomic mass is 35.5. The van der Waals surface area contributed by atoms with Crippen molar-refractivity contribution in [2.75, 3.05) is 0 Å². The number of aliphatic imine (C=N–C) groups is 1. The molecule has 0 aliphatic heterocycles. The first kappa shape index (κ1) is 16.6. The van der Waals surface area contributed by atoms with Gasteiger partial charge in [-0.1, -0.05) is 47.0 Å². The molecule has 0 radical (unpaired) electrons. The second kappa shape index (κ2) is 6.30. The molecule has 3 rings (SSSR count). The molecular formula is C18H15Cl2N3O. The van der Waals surface area contributed by atoms with Gasteiger partial charge >= 0.3 is 0 Å². The van der Waals surface area contributed by atoms with E-state index in [0.717, 1.165) is 16.7 Å². The van der Waals surface area contributed by atoms with E-state index >= 15 is 0 Å². The first-order chi connectivity index (χ1) is 11.4. The summed E-state index contributed by atoms with van der Waals surface area (Å²) in [5.41, 5.74) is 16.2. The Labute approximate surface area is 149 Å². The third-order valence-electron chi connectivity index (χ3n) is 3.90. The minimum absolute atomic E-state index is 0.0210. The van der Waals surface area contributed by atoms with E-state index in [2.05, 4.69) is 11.1 Å². The average molecular weight is 360 g/mol. The Bertz CT molecular complexity index is 916. The molecule has 0 heterocycles. The van der Waals surface area contributed by atoms with Crippen molar-refractivity contribution in [2.45, 2.75) is 13.3 Å². The minimum Gasteiger partial charge on any atom is -0.394 e. The number of halogens is 2. The van der Waals surface area contributed by atoms with Crippen LogP contribution in [0.1, 0.15) is 16.7 Å². The number of carbonyl (C=O) groups excluding carboxylic acids is 1. The first-order valence-electron chi connectivity index (χ1n) is 7.29. The van der Waals surface area contributed by atoms with Gasteiger partial charge in [0.1, 0.15) is 5.70 Å². The molecule has 0 bridgehead atoms. The van der Waals surface area contributed by atoms with Crippen molar-refractivity contribution in [3.63, 3.8) is 0 Å². The minimum atomic E-state index is -0.663. The SMILES string of the molecule is Cc1ccc2c(c1)CC(=C(N)C(N)=O)C2=Nc1ccc(Cl)cc1Cl. The number of rotatable bonds is 2. The first-order valence-corrected chi connectivity index (χ1v) is 8.05. The number of primary amides is 1. The summed E-state index contributed by atoms with van der Waals surface area (Å²) in [6.07, 6.45) is 0.510. The highest BCUT2D eigenvalue weighted by Gasteiger charge is 2.27. The van der Waals surface area contributed by atoms with E-state index in [1.165, 1.54) is 0 Å². The highest BCUT2D eigenvalue weighted by Crippen LogP contribution is 2.34. The summed E-state index contributed by atoms with van der Waals surface area (Å²) in [6, 6.07) is 11.1. The number of nitrogens with two attached hydrogens (primary N) is 2. The van der Waals surface area contributed by atoms with E-state index in [1.807, 2.05) is 19.1 Å². The van der Waals surface area contributed by atoms with Crippen LogP contribution in [-0.2, 0) is 11.2 Å². The van der Waals surface area contributed by atoms with E-state index in [4.69, 9.17) is 34.7 Å². The largest absolute Gasteiger partial charge is 0.394 e. The van der Waals surface area contributed by atoms with Crippen molar-refractivity contribution >= 4 is 40.5 Å². The maximum Gasteiger partial charge on any atom is 0.264 e. The molecule has 0 saturated heterocycles. The van der Waals surface area contributed by atoms with Crippen molar-refractivity contribution in [2.24, 2.45) is 16.5 Å². The zero-order valence-corrected chi connectivity index (χ0v) is 14.4. The summed E-state index contributed by atoms with van der Waals surface area (Å²) < 4.78 is 0. The third-order valence-corrected chi connectivity index (χ3v) is 4.44. The van der Waals surface area contributed by atoms with Gasteiger partial charge in [0, 0.05) is 22.6 Å². The number of fused-ring (bicyclic) bond motifs is 1. The van der Waals surface area contributed by atoms with E-state index in [0.29, 0.717) is 33.4 Å². The smallest absolute Gasteiger partial charge is 0.264 e. The fraction of sp³-hybridized carbons (Fsp3) is 0.111. The molecule has 0 aromatic heterocycles. The summed E-state index contributed by atoms with van der Waals surface area (Å²) in [5.74, 6) is -0.663. The lowest BCUT2D eigenvalue weighted by atomic mass is 10.1. The van der Waals surface area contributed by atoms with Crippen molar-refractivity contribution in [1.29, 1.82) is 0 Å². The number of benzene rings is 2. The maximum atomic E-state index is 11.6. The van der Waals surface area contributed by atoms with Gasteiger partial charge in [-0.15, -0.1) is 0 Å². The normalized spacial score (nSPS) is 17.0. The quantitative estimate of drug-likeness (QED) is 0.801. The molecule has 0 fully saturated rings. The van der Waals surface area contributed by atoms with Crippen LogP contribution in [0.5, 0.6) is 0 Å². The fourth-order valence-electron chi connectivity index (χ4n) is 2.73. The van der Waals surface area contributed by atoms with Crippen molar-refractivity contribution in [3.05, 3.63) is 74.4 Å². The van der Waals surface area contributed by atoms with Gasteiger partial charge in [0.15, 0.2) is 0 Å². The second-order valence-electron chi connectivity index (χ2n) is 5.65. The molecule has 0 atom stereocenters. The number of carbonyl (C=O) groups is 1. The van der Waals surface area contributed by atoms with Crippen LogP contribution in [0.2, 0.25) is 10.0 Å². The van der Waals surface area contributed by atoms with Gasteiger partial charge in [0.2, 0.25) is 0 Å². The molecule has 4 nitrogen and oxygen atoms in total. The van der Waals surface area contributed by atoms with Crippen LogP contribution >= 0.6 is 23.2 Å². The van der Waals surface area contributed by atoms with Gasteiger partial charge in [-0.3, -0.25) is 4.79 Å². The summed E-state index contributed by atoms with van der Waals surface area (Å²) in [4.78, 5) is 16.2. The Balaban J connectivity index is 2.23. The fourth-order valence-corrected chi connectivity index (χ4v) is 3.18. The Morgan fingerprint density at radius 3 is 2.54 bits per heavy atom. The molecule has 0 saturated carbocycles. The Kier molecular flexibility index (Phi) is 4.35. The van der Waals surface area contributed by atoms with E-state index in [1.54, 1.807) is 18.2 Å². The van der Waals surface area contributed by atoms with Crippen molar-refractivity contribution < 1.29 is 4.79 Å². The van der Waals surface area contributed by atoms with Gasteiger partial charge in [-0.2, -0.15) is 0 Å². The monoisotopic (exact) mass is 359 g/mol. The highest BCUT2D eigenvalue weighted by molar-refractivity contribution is 6.36. The predicted octanol–water partition coefficient (Wildman–Crippen LogP) is 3.68. The molecule has 24 heavy (non-hydrogen) atoms. The van der Waals surface area contributed by atoms with E-state index in [9.17, 15) is 4.79 Å². The van der Waals surface area contributed by atoms with Gasteiger partial charge < -0.3 is 11.5 Å². The standard InChI is InChI=1S/C18H15Cl2N3O/c1-9-2-4-12-10(6-9)7-13(16(21)18(22)24)17(12)23-15-5-3-11(19)8-14(15)20/h2-6,8H,7,21H2,1H3,(H2,22,24). The second-order valence-corrected chi connectivity index (χ2v) is 6.49. The van der Waals surface area contributed by atoms with Crippen LogP contribution in [0.15, 0.2) is 52.7 Å². The van der Waals surface area contributed by atoms with Crippen molar-refractivity contribution in [3.8, 4) is 0 Å². The molecule has 1 aliphatic rings. The molecule has 0 unspecified atom stereocenters.